The van der Waals surface area contributed by atoms with E-state index in [2.05, 4.69) is 24.1 Å². The maximum Gasteiger partial charge on any atom is 0.332 e. The molecule has 0 aliphatic carbocycles. The van der Waals surface area contributed by atoms with E-state index < -0.39 is 12.1 Å². The summed E-state index contributed by atoms with van der Waals surface area (Å²) in [5.41, 5.74) is 2.76. The molecule has 0 unspecified atom stereocenters. The lowest BCUT2D eigenvalue weighted by Crippen LogP contribution is -2.31. The molecule has 0 radical (unpaired) electrons. The van der Waals surface area contributed by atoms with Crippen LogP contribution in [0, 0.1) is 0 Å². The number of hydrogen-bond acceptors (Lipinski definition) is 6. The number of nitrogens with one attached hydrogen (secondary N) is 1. The predicted octanol–water partition coefficient (Wildman–Crippen LogP) is 4.51. The molecular weight excluding hydrogens is 388 g/mol. The number of carbonyl (C=O) groups is 2. The number of esters is 1. The molecule has 3 aromatic rings. The summed E-state index contributed by atoms with van der Waals surface area (Å²) in [5.74, 6) is -0.562. The summed E-state index contributed by atoms with van der Waals surface area (Å²) in [6.07, 6.45) is -0.918. The monoisotopic (exact) mass is 412 g/mol. The van der Waals surface area contributed by atoms with Crippen LogP contribution in [0.5, 0.6) is 0 Å². The van der Waals surface area contributed by atoms with E-state index in [9.17, 15) is 9.59 Å². The summed E-state index contributed by atoms with van der Waals surface area (Å²) in [5, 5.41) is 3.53. The molecule has 0 saturated carbocycles. The number of ether oxygens (including phenoxy) is 2. The Hall–Kier alpha value is -2.77. The van der Waals surface area contributed by atoms with Crippen LogP contribution in [-0.2, 0) is 25.7 Å². The number of para-hydroxylation sites is 1. The van der Waals surface area contributed by atoms with Gasteiger partial charge in [-0.25, -0.2) is 9.78 Å². The molecule has 1 heterocycles. The molecule has 0 aliphatic heterocycles. The first kappa shape index (κ1) is 21.0. The minimum absolute atomic E-state index is 0.219. The predicted molar refractivity (Wildman–Crippen MR) is 114 cm³/mol. The number of thiazole rings is 1. The lowest BCUT2D eigenvalue weighted by atomic mass is 10.0. The number of aromatic nitrogens is 1. The molecule has 0 bridgehead atoms. The highest BCUT2D eigenvalue weighted by molar-refractivity contribution is 7.18. The second-order valence-electron chi connectivity index (χ2n) is 6.97. The molecule has 2 aromatic carbocycles. The second-order valence-corrected chi connectivity index (χ2v) is 8.08. The van der Waals surface area contributed by atoms with Crippen molar-refractivity contribution in [1.82, 2.24) is 4.98 Å². The Morgan fingerprint density at radius 1 is 1.07 bits per heavy atom. The molecule has 0 spiro atoms. The lowest BCUT2D eigenvalue weighted by Gasteiger charge is -2.14. The van der Waals surface area contributed by atoms with E-state index in [0.717, 1.165) is 15.2 Å². The zero-order chi connectivity index (χ0) is 20.8. The van der Waals surface area contributed by atoms with E-state index in [0.29, 0.717) is 11.6 Å². The highest BCUT2D eigenvalue weighted by Crippen LogP contribution is 2.22. The maximum absolute atomic E-state index is 12.2. The van der Waals surface area contributed by atoms with Gasteiger partial charge in [-0.15, -0.1) is 11.3 Å². The van der Waals surface area contributed by atoms with Crippen molar-refractivity contribution in [3.8, 4) is 0 Å². The van der Waals surface area contributed by atoms with Crippen molar-refractivity contribution in [2.24, 2.45) is 0 Å². The van der Waals surface area contributed by atoms with Crippen LogP contribution in [0.15, 0.2) is 48.5 Å². The Labute approximate surface area is 173 Å². The quantitative estimate of drug-likeness (QED) is 0.551. The van der Waals surface area contributed by atoms with Crippen LogP contribution in [0.25, 0.3) is 10.2 Å². The summed E-state index contributed by atoms with van der Waals surface area (Å²) in [7, 11) is 0. The Morgan fingerprint density at radius 2 is 1.79 bits per heavy atom. The second kappa shape index (κ2) is 9.62. The number of amides is 1. The minimum atomic E-state index is -0.918. The van der Waals surface area contributed by atoms with Crippen LogP contribution in [-0.4, -0.2) is 29.6 Å². The molecule has 1 atom stereocenters. The Kier molecular flexibility index (Phi) is 6.95. The number of rotatable bonds is 8. The van der Waals surface area contributed by atoms with Crippen LogP contribution >= 0.6 is 11.3 Å². The fourth-order valence-electron chi connectivity index (χ4n) is 2.68. The van der Waals surface area contributed by atoms with Crippen molar-refractivity contribution in [2.45, 2.75) is 39.4 Å². The Balaban J connectivity index is 1.42. The van der Waals surface area contributed by atoms with Crippen LogP contribution in [0.2, 0.25) is 0 Å². The molecule has 0 aliphatic rings. The molecule has 152 valence electrons. The molecule has 1 N–H and O–H groups in total. The van der Waals surface area contributed by atoms with Gasteiger partial charge in [0.15, 0.2) is 6.10 Å². The third kappa shape index (κ3) is 5.85. The Morgan fingerprint density at radius 3 is 2.48 bits per heavy atom. The maximum atomic E-state index is 12.2. The number of nitrogens with zero attached hydrogens (tertiary/aromatic N) is 1. The molecule has 1 aromatic heterocycles. The fourth-order valence-corrected chi connectivity index (χ4v) is 3.59. The number of fused-ring (bicyclic) bond motifs is 1. The summed E-state index contributed by atoms with van der Waals surface area (Å²) < 4.78 is 11.6. The van der Waals surface area contributed by atoms with Crippen molar-refractivity contribution < 1.29 is 19.1 Å². The van der Waals surface area contributed by atoms with Gasteiger partial charge in [-0.3, -0.25) is 4.79 Å². The summed E-state index contributed by atoms with van der Waals surface area (Å²) in [6, 6.07) is 15.4. The lowest BCUT2D eigenvalue weighted by molar-refractivity contribution is -0.157. The zero-order valence-electron chi connectivity index (χ0n) is 16.7. The number of hydrogen-bond donors (Lipinski definition) is 1. The van der Waals surface area contributed by atoms with Crippen LogP contribution in [0.3, 0.4) is 0 Å². The number of carbonyl (C=O) groups excluding carboxylic acids is 2. The van der Waals surface area contributed by atoms with E-state index >= 15 is 0 Å². The van der Waals surface area contributed by atoms with Gasteiger partial charge < -0.3 is 14.8 Å². The zero-order valence-corrected chi connectivity index (χ0v) is 17.5. The van der Waals surface area contributed by atoms with Gasteiger partial charge >= 0.3 is 5.97 Å². The summed E-state index contributed by atoms with van der Waals surface area (Å²) in [6.45, 7) is 5.72. The third-order valence-corrected chi connectivity index (χ3v) is 5.32. The fraction of sp³-hybridized carbons (Fsp3) is 0.318. The Bertz CT molecular complexity index is 949. The first-order chi connectivity index (χ1) is 13.9. The average molecular weight is 413 g/mol. The van der Waals surface area contributed by atoms with Gasteiger partial charge in [-0.2, -0.15) is 0 Å². The SMILES string of the molecule is CC(C)c1ccc(NC(=O)[C@@H](C)OC(=O)COCc2nc3ccccc3s2)cc1. The summed E-state index contributed by atoms with van der Waals surface area (Å²) in [4.78, 5) is 28.6. The highest BCUT2D eigenvalue weighted by Gasteiger charge is 2.18. The van der Waals surface area contributed by atoms with Crippen LogP contribution < -0.4 is 5.32 Å². The molecule has 6 nitrogen and oxygen atoms in total. The van der Waals surface area contributed by atoms with Gasteiger partial charge in [0.25, 0.3) is 5.91 Å². The van der Waals surface area contributed by atoms with Gasteiger partial charge in [0.05, 0.1) is 16.8 Å². The topological polar surface area (TPSA) is 77.5 Å². The van der Waals surface area contributed by atoms with E-state index in [-0.39, 0.29) is 19.1 Å². The van der Waals surface area contributed by atoms with E-state index in [1.807, 2.05) is 48.5 Å². The first-order valence-corrected chi connectivity index (χ1v) is 10.3. The third-order valence-electron chi connectivity index (χ3n) is 4.31. The minimum Gasteiger partial charge on any atom is -0.451 e. The van der Waals surface area contributed by atoms with E-state index in [4.69, 9.17) is 9.47 Å². The van der Waals surface area contributed by atoms with Gasteiger partial charge in [0.1, 0.15) is 11.6 Å². The van der Waals surface area contributed by atoms with Crippen molar-refractivity contribution in [2.75, 3.05) is 11.9 Å². The van der Waals surface area contributed by atoms with Crippen LogP contribution in [0.1, 0.15) is 37.3 Å². The van der Waals surface area contributed by atoms with Crippen LogP contribution in [0.4, 0.5) is 5.69 Å². The normalized spacial score (nSPS) is 12.1. The number of benzene rings is 2. The van der Waals surface area contributed by atoms with Crippen molar-refractivity contribution in [3.05, 3.63) is 59.1 Å². The largest absolute Gasteiger partial charge is 0.451 e. The van der Waals surface area contributed by atoms with Gasteiger partial charge in [-0.05, 0) is 42.7 Å². The molecule has 29 heavy (non-hydrogen) atoms. The number of anilines is 1. The van der Waals surface area contributed by atoms with E-state index in [1.54, 1.807) is 0 Å². The smallest absolute Gasteiger partial charge is 0.332 e. The van der Waals surface area contributed by atoms with Gasteiger partial charge in [-0.1, -0.05) is 38.1 Å². The standard InChI is InChI=1S/C22H24N2O4S/c1-14(2)16-8-10-17(11-9-16)23-22(26)15(3)28-21(25)13-27-12-20-24-18-6-4-5-7-19(18)29-20/h4-11,14-15H,12-13H2,1-3H3,(H,23,26)/t15-/m1/s1. The molecular formula is C22H24N2O4S. The highest BCUT2D eigenvalue weighted by atomic mass is 32.1. The molecule has 0 saturated heterocycles. The molecule has 3 rings (SSSR count). The average Bonchev–Trinajstić information content (AvgIpc) is 3.11. The van der Waals surface area contributed by atoms with Crippen molar-refractivity contribution >= 4 is 39.1 Å². The molecule has 7 heteroatoms. The van der Waals surface area contributed by atoms with Crippen molar-refractivity contribution in [1.29, 1.82) is 0 Å². The molecule has 0 fully saturated rings. The first-order valence-electron chi connectivity index (χ1n) is 9.45. The van der Waals surface area contributed by atoms with Gasteiger partial charge in [0, 0.05) is 5.69 Å². The summed E-state index contributed by atoms with van der Waals surface area (Å²) >= 11 is 1.52. The van der Waals surface area contributed by atoms with Gasteiger partial charge in [0.2, 0.25) is 0 Å². The van der Waals surface area contributed by atoms with Crippen molar-refractivity contribution in [3.63, 3.8) is 0 Å². The van der Waals surface area contributed by atoms with E-state index in [1.165, 1.54) is 23.8 Å². The molecule has 1 amide bonds.